The Kier molecular flexibility index (Phi) is 2.28. The highest BCUT2D eigenvalue weighted by atomic mass is 16.4. The molecule has 0 radical (unpaired) electrons. The predicted molar refractivity (Wildman–Crippen MR) is 54.5 cm³/mol. The van der Waals surface area contributed by atoms with E-state index in [2.05, 4.69) is 25.1 Å². The van der Waals surface area contributed by atoms with Crippen LogP contribution in [0.5, 0.6) is 0 Å². The van der Waals surface area contributed by atoms with Crippen LogP contribution in [0.15, 0.2) is 18.2 Å². The van der Waals surface area contributed by atoms with Crippen molar-refractivity contribution in [1.82, 2.24) is 0 Å². The van der Waals surface area contributed by atoms with Crippen LogP contribution in [0.25, 0.3) is 0 Å². The third kappa shape index (κ3) is 1.65. The Bertz CT molecular complexity index is 369. The molecule has 2 heteroatoms. The number of aliphatic carboxylic acids is 1. The summed E-state index contributed by atoms with van der Waals surface area (Å²) in [6, 6.07) is 6.33. The summed E-state index contributed by atoms with van der Waals surface area (Å²) < 4.78 is 0. The van der Waals surface area contributed by atoms with E-state index in [1.54, 1.807) is 0 Å². The van der Waals surface area contributed by atoms with Gasteiger partial charge in [-0.25, -0.2) is 0 Å². The van der Waals surface area contributed by atoms with Crippen LogP contribution in [-0.4, -0.2) is 11.1 Å². The predicted octanol–water partition coefficient (Wildman–Crippen LogP) is 2.50. The Labute approximate surface area is 83.6 Å². The van der Waals surface area contributed by atoms with Crippen LogP contribution in [0.3, 0.4) is 0 Å². The summed E-state index contributed by atoms with van der Waals surface area (Å²) in [7, 11) is 0. The maximum Gasteiger partial charge on any atom is 0.303 e. The number of hydrogen-bond donors (Lipinski definition) is 1. The van der Waals surface area contributed by atoms with Crippen molar-refractivity contribution in [3.8, 4) is 0 Å². The van der Waals surface area contributed by atoms with Gasteiger partial charge in [-0.2, -0.15) is 0 Å². The highest BCUT2D eigenvalue weighted by molar-refractivity contribution is 5.68. The van der Waals surface area contributed by atoms with Gasteiger partial charge in [0.05, 0.1) is 6.42 Å². The van der Waals surface area contributed by atoms with Gasteiger partial charge in [0.25, 0.3) is 0 Å². The Morgan fingerprint density at radius 1 is 1.57 bits per heavy atom. The minimum atomic E-state index is -0.691. The maximum atomic E-state index is 10.6. The van der Waals surface area contributed by atoms with E-state index in [1.165, 1.54) is 16.7 Å². The fourth-order valence-corrected chi connectivity index (χ4v) is 2.26. The van der Waals surface area contributed by atoms with Crippen LogP contribution in [0.2, 0.25) is 0 Å². The Morgan fingerprint density at radius 2 is 2.36 bits per heavy atom. The number of carboxylic acid groups (broad SMARTS) is 1. The lowest BCUT2D eigenvalue weighted by Gasteiger charge is -2.08. The quantitative estimate of drug-likeness (QED) is 0.778. The van der Waals surface area contributed by atoms with E-state index < -0.39 is 5.97 Å². The van der Waals surface area contributed by atoms with Crippen molar-refractivity contribution in [3.05, 3.63) is 34.9 Å². The number of benzene rings is 1. The molecule has 0 bridgehead atoms. The second-order valence-electron chi connectivity index (χ2n) is 4.04. The van der Waals surface area contributed by atoms with Gasteiger partial charge < -0.3 is 5.11 Å². The molecule has 0 amide bonds. The van der Waals surface area contributed by atoms with Crippen LogP contribution in [0.1, 0.15) is 35.4 Å². The lowest BCUT2D eigenvalue weighted by atomic mass is 9.97. The lowest BCUT2D eigenvalue weighted by Crippen LogP contribution is -2.02. The van der Waals surface area contributed by atoms with E-state index in [-0.39, 0.29) is 12.3 Å². The topological polar surface area (TPSA) is 37.3 Å². The molecule has 1 aromatic carbocycles. The molecule has 1 unspecified atom stereocenters. The fourth-order valence-electron chi connectivity index (χ4n) is 2.26. The zero-order chi connectivity index (χ0) is 10.1. The van der Waals surface area contributed by atoms with E-state index in [9.17, 15) is 4.79 Å². The standard InChI is InChI=1S/C12H14O2/c1-8-2-5-11-9(6-8)3-4-10(11)7-12(13)14/h2,5-6,10H,3-4,7H2,1H3,(H,13,14). The highest BCUT2D eigenvalue weighted by Gasteiger charge is 2.24. The van der Waals surface area contributed by atoms with Gasteiger partial charge in [-0.05, 0) is 36.8 Å². The first-order valence-corrected chi connectivity index (χ1v) is 4.98. The van der Waals surface area contributed by atoms with E-state index in [4.69, 9.17) is 5.11 Å². The first-order chi connectivity index (χ1) is 6.66. The molecule has 1 aliphatic carbocycles. The summed E-state index contributed by atoms with van der Waals surface area (Å²) in [5, 5.41) is 8.75. The molecule has 1 aromatic rings. The number of hydrogen-bond acceptors (Lipinski definition) is 1. The average molecular weight is 190 g/mol. The number of carboxylic acids is 1. The zero-order valence-corrected chi connectivity index (χ0v) is 8.29. The van der Waals surface area contributed by atoms with Crippen molar-refractivity contribution < 1.29 is 9.90 Å². The van der Waals surface area contributed by atoms with E-state index >= 15 is 0 Å². The highest BCUT2D eigenvalue weighted by Crippen LogP contribution is 2.35. The van der Waals surface area contributed by atoms with E-state index in [0.717, 1.165) is 12.8 Å². The molecule has 0 saturated carbocycles. The van der Waals surface area contributed by atoms with Gasteiger partial charge in [-0.1, -0.05) is 23.8 Å². The van der Waals surface area contributed by atoms with Gasteiger partial charge in [-0.15, -0.1) is 0 Å². The molecule has 1 aliphatic rings. The third-order valence-corrected chi connectivity index (χ3v) is 2.92. The maximum absolute atomic E-state index is 10.6. The minimum Gasteiger partial charge on any atom is -0.481 e. The number of fused-ring (bicyclic) bond motifs is 1. The molecule has 0 saturated heterocycles. The molecule has 14 heavy (non-hydrogen) atoms. The van der Waals surface area contributed by atoms with Crippen LogP contribution >= 0.6 is 0 Å². The van der Waals surface area contributed by atoms with Crippen LogP contribution in [0, 0.1) is 6.92 Å². The van der Waals surface area contributed by atoms with Gasteiger partial charge in [-0.3, -0.25) is 4.79 Å². The summed E-state index contributed by atoms with van der Waals surface area (Å²) in [5.74, 6) is -0.452. The largest absolute Gasteiger partial charge is 0.481 e. The smallest absolute Gasteiger partial charge is 0.303 e. The third-order valence-electron chi connectivity index (χ3n) is 2.92. The van der Waals surface area contributed by atoms with E-state index in [0.29, 0.717) is 0 Å². The normalized spacial score (nSPS) is 19.4. The second-order valence-corrected chi connectivity index (χ2v) is 4.04. The first-order valence-electron chi connectivity index (χ1n) is 4.98. The zero-order valence-electron chi connectivity index (χ0n) is 8.29. The van der Waals surface area contributed by atoms with Crippen molar-refractivity contribution in [1.29, 1.82) is 0 Å². The molecule has 74 valence electrons. The SMILES string of the molecule is Cc1ccc2c(c1)CCC2CC(=O)O. The summed E-state index contributed by atoms with van der Waals surface area (Å²) in [6.07, 6.45) is 2.30. The molecule has 0 aromatic heterocycles. The summed E-state index contributed by atoms with van der Waals surface area (Å²) in [4.78, 5) is 10.6. The number of aryl methyl sites for hydroxylation is 2. The molecule has 0 aliphatic heterocycles. The van der Waals surface area contributed by atoms with Crippen molar-refractivity contribution in [3.63, 3.8) is 0 Å². The molecule has 1 N–H and O–H groups in total. The lowest BCUT2D eigenvalue weighted by molar-refractivity contribution is -0.137. The monoisotopic (exact) mass is 190 g/mol. The molecule has 0 heterocycles. The fraction of sp³-hybridized carbons (Fsp3) is 0.417. The number of carbonyl (C=O) groups is 1. The Balaban J connectivity index is 2.26. The molecule has 1 atom stereocenters. The molecular weight excluding hydrogens is 176 g/mol. The molecule has 0 fully saturated rings. The van der Waals surface area contributed by atoms with Gasteiger partial charge in [0.15, 0.2) is 0 Å². The van der Waals surface area contributed by atoms with Gasteiger partial charge in [0.2, 0.25) is 0 Å². The molecule has 0 spiro atoms. The second kappa shape index (κ2) is 3.45. The van der Waals surface area contributed by atoms with Gasteiger partial charge in [0, 0.05) is 0 Å². The summed E-state index contributed by atoms with van der Waals surface area (Å²) in [5.41, 5.74) is 3.86. The molecular formula is C12H14O2. The summed E-state index contributed by atoms with van der Waals surface area (Å²) in [6.45, 7) is 2.07. The van der Waals surface area contributed by atoms with Crippen molar-refractivity contribution in [2.45, 2.75) is 32.1 Å². The Hall–Kier alpha value is -1.31. The molecule has 2 rings (SSSR count). The van der Waals surface area contributed by atoms with E-state index in [1.807, 2.05) is 0 Å². The number of rotatable bonds is 2. The first kappa shape index (κ1) is 9.25. The summed E-state index contributed by atoms with van der Waals surface area (Å²) >= 11 is 0. The van der Waals surface area contributed by atoms with Gasteiger partial charge in [0.1, 0.15) is 0 Å². The molecule has 2 nitrogen and oxygen atoms in total. The van der Waals surface area contributed by atoms with Crippen molar-refractivity contribution in [2.75, 3.05) is 0 Å². The minimum absolute atomic E-state index is 0.239. The van der Waals surface area contributed by atoms with Crippen LogP contribution in [0.4, 0.5) is 0 Å². The van der Waals surface area contributed by atoms with Crippen molar-refractivity contribution in [2.24, 2.45) is 0 Å². The average Bonchev–Trinajstić information content (AvgIpc) is 2.47. The van der Waals surface area contributed by atoms with Gasteiger partial charge >= 0.3 is 5.97 Å². The van der Waals surface area contributed by atoms with Crippen LogP contribution < -0.4 is 0 Å². The van der Waals surface area contributed by atoms with Crippen molar-refractivity contribution >= 4 is 5.97 Å². The van der Waals surface area contributed by atoms with Crippen LogP contribution in [-0.2, 0) is 11.2 Å². The Morgan fingerprint density at radius 3 is 3.07 bits per heavy atom.